The molecule has 1 N–H and O–H groups in total. The second-order valence-corrected chi connectivity index (χ2v) is 9.11. The minimum absolute atomic E-state index is 0.178. The SMILES string of the molecule is Cc1c(C(=O)O)cc2c(-c3ccnc(N(C)C)c3)ccn2c1C(C)N1CCN(C(F)C(F)F)CC1. The largest absolute Gasteiger partial charge is 0.478 e. The van der Waals surface area contributed by atoms with Crippen LogP contribution in [0.4, 0.5) is 19.0 Å². The number of carboxylic acid groups (broad SMARTS) is 1. The molecule has 4 heterocycles. The van der Waals surface area contributed by atoms with E-state index in [2.05, 4.69) is 9.88 Å². The van der Waals surface area contributed by atoms with E-state index < -0.39 is 18.7 Å². The summed E-state index contributed by atoms with van der Waals surface area (Å²) in [6, 6.07) is 7.28. The van der Waals surface area contributed by atoms with Crippen molar-refractivity contribution in [2.24, 2.45) is 0 Å². The van der Waals surface area contributed by atoms with E-state index in [1.165, 1.54) is 0 Å². The van der Waals surface area contributed by atoms with Crippen LogP contribution in [0.1, 0.15) is 34.6 Å². The number of pyridine rings is 2. The van der Waals surface area contributed by atoms with Crippen molar-refractivity contribution < 1.29 is 23.1 Å². The molecule has 10 heteroatoms. The van der Waals surface area contributed by atoms with Gasteiger partial charge in [-0.15, -0.1) is 0 Å². The molecule has 0 saturated carbocycles. The highest BCUT2D eigenvalue weighted by Gasteiger charge is 2.32. The van der Waals surface area contributed by atoms with Crippen LogP contribution in [0.25, 0.3) is 16.6 Å². The van der Waals surface area contributed by atoms with Crippen molar-refractivity contribution in [3.8, 4) is 11.1 Å². The number of anilines is 1. The molecule has 0 aliphatic carbocycles. The third kappa shape index (κ3) is 4.72. The van der Waals surface area contributed by atoms with Gasteiger partial charge in [-0.2, -0.15) is 0 Å². The summed E-state index contributed by atoms with van der Waals surface area (Å²) in [6.07, 6.45) is -1.65. The molecule has 1 fully saturated rings. The summed E-state index contributed by atoms with van der Waals surface area (Å²) < 4.78 is 41.4. The number of carboxylic acids is 1. The van der Waals surface area contributed by atoms with Crippen LogP contribution < -0.4 is 4.90 Å². The first kappa shape index (κ1) is 25.0. The van der Waals surface area contributed by atoms with Gasteiger partial charge in [-0.3, -0.25) is 9.80 Å². The molecule has 1 saturated heterocycles. The highest BCUT2D eigenvalue weighted by molar-refractivity contribution is 5.94. The number of aromatic nitrogens is 2. The number of nitrogens with zero attached hydrogens (tertiary/aromatic N) is 5. The molecule has 2 unspecified atom stereocenters. The van der Waals surface area contributed by atoms with Crippen molar-refractivity contribution >= 4 is 17.3 Å². The van der Waals surface area contributed by atoms with Gasteiger partial charge in [0.15, 0.2) is 0 Å². The van der Waals surface area contributed by atoms with Gasteiger partial charge in [0.1, 0.15) is 5.82 Å². The first-order valence-electron chi connectivity index (χ1n) is 11.5. The number of hydrogen-bond acceptors (Lipinski definition) is 5. The van der Waals surface area contributed by atoms with Gasteiger partial charge in [0.05, 0.1) is 11.1 Å². The number of fused-ring (bicyclic) bond motifs is 1. The Hall–Kier alpha value is -3.11. The fourth-order valence-electron chi connectivity index (χ4n) is 4.88. The van der Waals surface area contributed by atoms with Gasteiger partial charge < -0.3 is 14.4 Å². The number of aromatic carboxylic acids is 1. The summed E-state index contributed by atoms with van der Waals surface area (Å²) in [5.41, 5.74) is 4.22. The molecule has 1 aliphatic rings. The van der Waals surface area contributed by atoms with Crippen molar-refractivity contribution in [3.63, 3.8) is 0 Å². The van der Waals surface area contributed by atoms with E-state index >= 15 is 0 Å². The number of alkyl halides is 3. The van der Waals surface area contributed by atoms with E-state index in [1.807, 2.05) is 54.7 Å². The van der Waals surface area contributed by atoms with Crippen LogP contribution in [0.3, 0.4) is 0 Å². The maximum absolute atomic E-state index is 13.8. The lowest BCUT2D eigenvalue weighted by Crippen LogP contribution is -2.51. The van der Waals surface area contributed by atoms with Crippen molar-refractivity contribution in [2.45, 2.75) is 32.6 Å². The fourth-order valence-corrected chi connectivity index (χ4v) is 4.88. The molecule has 0 aromatic carbocycles. The Morgan fingerprint density at radius 2 is 1.74 bits per heavy atom. The van der Waals surface area contributed by atoms with Crippen molar-refractivity contribution in [3.05, 3.63) is 53.5 Å². The van der Waals surface area contributed by atoms with Crippen LogP contribution in [-0.2, 0) is 0 Å². The smallest absolute Gasteiger partial charge is 0.336 e. The van der Waals surface area contributed by atoms with Crippen LogP contribution in [-0.4, -0.2) is 83.3 Å². The molecule has 3 aromatic rings. The van der Waals surface area contributed by atoms with Crippen molar-refractivity contribution in [2.75, 3.05) is 45.2 Å². The van der Waals surface area contributed by atoms with E-state index in [0.29, 0.717) is 18.7 Å². The summed E-state index contributed by atoms with van der Waals surface area (Å²) >= 11 is 0. The molecule has 1 aliphatic heterocycles. The Morgan fingerprint density at radius 3 is 2.34 bits per heavy atom. The lowest BCUT2D eigenvalue weighted by molar-refractivity contribution is -0.0688. The minimum atomic E-state index is -3.03. The normalized spacial score (nSPS) is 17.1. The molecule has 0 radical (unpaired) electrons. The molecule has 4 rings (SSSR count). The molecule has 7 nitrogen and oxygen atoms in total. The lowest BCUT2D eigenvalue weighted by atomic mass is 9.99. The maximum Gasteiger partial charge on any atom is 0.336 e. The Bertz CT molecular complexity index is 1220. The highest BCUT2D eigenvalue weighted by Crippen LogP contribution is 2.34. The van der Waals surface area contributed by atoms with Crippen LogP contribution >= 0.6 is 0 Å². The second-order valence-electron chi connectivity index (χ2n) is 9.11. The molecule has 2 atom stereocenters. The van der Waals surface area contributed by atoms with Crippen molar-refractivity contribution in [1.29, 1.82) is 0 Å². The zero-order valence-corrected chi connectivity index (χ0v) is 20.3. The monoisotopic (exact) mass is 489 g/mol. The van der Waals surface area contributed by atoms with Gasteiger partial charge >= 0.3 is 5.97 Å². The van der Waals surface area contributed by atoms with Gasteiger partial charge in [-0.25, -0.2) is 22.9 Å². The first-order chi connectivity index (χ1) is 16.6. The van der Waals surface area contributed by atoms with Gasteiger partial charge in [-0.05, 0) is 49.2 Å². The Balaban J connectivity index is 1.75. The minimum Gasteiger partial charge on any atom is -0.478 e. The molecule has 35 heavy (non-hydrogen) atoms. The Labute approximate surface area is 202 Å². The van der Waals surface area contributed by atoms with Gasteiger partial charge in [0.25, 0.3) is 6.43 Å². The molecule has 3 aromatic heterocycles. The van der Waals surface area contributed by atoms with Gasteiger partial charge in [-0.1, -0.05) is 0 Å². The standard InChI is InChI=1S/C25H30F3N5O2/c1-15-19(25(34)35)14-20-18(17-5-7-29-21(13-17)30(3)4)6-8-33(20)22(15)16(2)31-9-11-32(12-10-31)24(28)23(26)27/h5-8,13-14,16,23-24H,9-12H2,1-4H3,(H,34,35). The van der Waals surface area contributed by atoms with E-state index in [4.69, 9.17) is 0 Å². The molecule has 0 amide bonds. The molecule has 188 valence electrons. The zero-order chi connectivity index (χ0) is 25.4. The van der Waals surface area contributed by atoms with Gasteiger partial charge in [0.2, 0.25) is 6.30 Å². The molecular weight excluding hydrogens is 459 g/mol. The summed E-state index contributed by atoms with van der Waals surface area (Å²) in [5.74, 6) is -0.231. The lowest BCUT2D eigenvalue weighted by Gasteiger charge is -2.39. The average molecular weight is 490 g/mol. The van der Waals surface area contributed by atoms with Crippen LogP contribution in [0.15, 0.2) is 36.7 Å². The predicted octanol–water partition coefficient (Wildman–Crippen LogP) is 4.31. The van der Waals surface area contributed by atoms with Crippen LogP contribution in [0.2, 0.25) is 0 Å². The number of hydrogen-bond donors (Lipinski definition) is 1. The number of carbonyl (C=O) groups is 1. The fraction of sp³-hybridized carbons (Fsp3) is 0.440. The molecule has 0 bridgehead atoms. The highest BCUT2D eigenvalue weighted by atomic mass is 19.3. The number of rotatable bonds is 7. The van der Waals surface area contributed by atoms with E-state index in [0.717, 1.165) is 33.1 Å². The third-order valence-electron chi connectivity index (χ3n) is 6.85. The van der Waals surface area contributed by atoms with Gasteiger partial charge in [0, 0.05) is 70.0 Å². The summed E-state index contributed by atoms with van der Waals surface area (Å²) in [4.78, 5) is 21.7. The Kier molecular flexibility index (Phi) is 7.05. The molecular formula is C25H30F3N5O2. The summed E-state index contributed by atoms with van der Waals surface area (Å²) in [6.45, 7) is 4.92. The average Bonchev–Trinajstić information content (AvgIpc) is 3.26. The van der Waals surface area contributed by atoms with E-state index in [9.17, 15) is 23.1 Å². The summed E-state index contributed by atoms with van der Waals surface area (Å²) in [5, 5.41) is 9.95. The molecule has 0 spiro atoms. The quantitative estimate of drug-likeness (QED) is 0.499. The topological polar surface area (TPSA) is 64.3 Å². The third-order valence-corrected chi connectivity index (χ3v) is 6.85. The maximum atomic E-state index is 13.8. The van der Waals surface area contributed by atoms with E-state index in [1.54, 1.807) is 19.2 Å². The van der Waals surface area contributed by atoms with Crippen molar-refractivity contribution in [1.82, 2.24) is 19.2 Å². The number of halogens is 3. The first-order valence-corrected chi connectivity index (χ1v) is 11.5. The Morgan fingerprint density at radius 1 is 1.09 bits per heavy atom. The second kappa shape index (κ2) is 9.87. The van der Waals surface area contributed by atoms with E-state index in [-0.39, 0.29) is 24.7 Å². The summed E-state index contributed by atoms with van der Waals surface area (Å²) in [7, 11) is 3.81. The zero-order valence-electron chi connectivity index (χ0n) is 20.3. The van der Waals surface area contributed by atoms with Crippen LogP contribution in [0.5, 0.6) is 0 Å². The number of piperazine rings is 1. The predicted molar refractivity (Wildman–Crippen MR) is 129 cm³/mol. The van der Waals surface area contributed by atoms with Crippen LogP contribution in [0, 0.1) is 6.92 Å².